The molecule has 0 aromatic rings. The minimum absolute atomic E-state index is 0.0746. The normalized spacial score (nSPS) is 10.2. The van der Waals surface area contributed by atoms with Gasteiger partial charge in [-0.2, -0.15) is 0 Å². The van der Waals surface area contributed by atoms with Gasteiger partial charge in [-0.15, -0.1) is 0 Å². The first-order chi connectivity index (χ1) is 7.27. The third kappa shape index (κ3) is 13.2. The van der Waals surface area contributed by atoms with Gasteiger partial charge in [0.2, 0.25) is 0 Å². The zero-order valence-electron chi connectivity index (χ0n) is 9.24. The van der Waals surface area contributed by atoms with E-state index in [9.17, 15) is 4.79 Å². The molecule has 0 unspecified atom stereocenters. The van der Waals surface area contributed by atoms with Gasteiger partial charge in [-0.05, 0) is 6.42 Å². The van der Waals surface area contributed by atoms with E-state index in [1.54, 1.807) is 0 Å². The van der Waals surface area contributed by atoms with Crippen LogP contribution in [0.2, 0.25) is 0 Å². The molecule has 0 saturated carbocycles. The van der Waals surface area contributed by atoms with Crippen LogP contribution in [0.3, 0.4) is 0 Å². The van der Waals surface area contributed by atoms with Crippen LogP contribution < -0.4 is 0 Å². The second kappa shape index (κ2) is 11.3. The van der Waals surface area contributed by atoms with Gasteiger partial charge in [0.15, 0.2) is 0 Å². The van der Waals surface area contributed by atoms with Crippen molar-refractivity contribution < 1.29 is 24.1 Å². The fourth-order valence-electron chi connectivity index (χ4n) is 0.964. The van der Waals surface area contributed by atoms with E-state index < -0.39 is 6.16 Å². The second-order valence-electron chi connectivity index (χ2n) is 3.05. The zero-order chi connectivity index (χ0) is 11.4. The minimum atomic E-state index is -1.27. The second-order valence-corrected chi connectivity index (χ2v) is 3.05. The lowest BCUT2D eigenvalue weighted by molar-refractivity contribution is 0.0182. The molecular weight excluding hydrogens is 200 g/mol. The Kier molecular flexibility index (Phi) is 10.7. The van der Waals surface area contributed by atoms with E-state index in [1.165, 1.54) is 12.8 Å². The molecule has 0 aliphatic heterocycles. The monoisotopic (exact) mass is 220 g/mol. The highest BCUT2D eigenvalue weighted by atomic mass is 16.7. The predicted octanol–water partition coefficient (Wildman–Crippen LogP) is 1.90. The van der Waals surface area contributed by atoms with Crippen LogP contribution in [0.15, 0.2) is 0 Å². The van der Waals surface area contributed by atoms with E-state index >= 15 is 0 Å². The number of ether oxygens (including phenoxy) is 3. The number of carboxylic acid groups (broad SMARTS) is 1. The highest BCUT2D eigenvalue weighted by molar-refractivity contribution is 5.56. The Morgan fingerprint density at radius 1 is 1.00 bits per heavy atom. The Bertz CT molecular complexity index is 149. The molecule has 0 fully saturated rings. The topological polar surface area (TPSA) is 65.0 Å². The largest absolute Gasteiger partial charge is 0.505 e. The van der Waals surface area contributed by atoms with E-state index in [4.69, 9.17) is 14.6 Å². The molecule has 5 heteroatoms. The van der Waals surface area contributed by atoms with Crippen LogP contribution in [0, 0.1) is 0 Å². The molecule has 0 aliphatic rings. The first-order valence-corrected chi connectivity index (χ1v) is 5.28. The quantitative estimate of drug-likeness (QED) is 0.450. The molecule has 0 radical (unpaired) electrons. The maximum Gasteiger partial charge on any atom is 0.505 e. The SMILES string of the molecule is CCCCCOCCOCCOC(=O)O. The van der Waals surface area contributed by atoms with Crippen molar-refractivity contribution in [2.75, 3.05) is 33.0 Å². The number of unbranched alkanes of at least 4 members (excludes halogenated alkanes) is 2. The van der Waals surface area contributed by atoms with Crippen LogP contribution in [0.5, 0.6) is 0 Å². The van der Waals surface area contributed by atoms with Gasteiger partial charge >= 0.3 is 6.16 Å². The van der Waals surface area contributed by atoms with Crippen LogP contribution >= 0.6 is 0 Å². The average molecular weight is 220 g/mol. The summed E-state index contributed by atoms with van der Waals surface area (Å²) in [5.41, 5.74) is 0. The summed E-state index contributed by atoms with van der Waals surface area (Å²) >= 11 is 0. The van der Waals surface area contributed by atoms with E-state index in [0.29, 0.717) is 13.2 Å². The molecule has 0 atom stereocenters. The standard InChI is InChI=1S/C10H20O5/c1-2-3-4-5-13-6-7-14-8-9-15-10(11)12/h2-9H2,1H3,(H,11,12). The van der Waals surface area contributed by atoms with Crippen LogP contribution in [0.1, 0.15) is 26.2 Å². The minimum Gasteiger partial charge on any atom is -0.450 e. The third-order valence-electron chi connectivity index (χ3n) is 1.72. The van der Waals surface area contributed by atoms with Crippen LogP contribution in [-0.4, -0.2) is 44.3 Å². The summed E-state index contributed by atoms with van der Waals surface area (Å²) in [7, 11) is 0. The smallest absolute Gasteiger partial charge is 0.450 e. The van der Waals surface area contributed by atoms with E-state index in [1.807, 2.05) is 0 Å². The number of rotatable bonds is 10. The molecule has 0 heterocycles. The summed E-state index contributed by atoms with van der Waals surface area (Å²) in [6.45, 7) is 4.30. The van der Waals surface area contributed by atoms with Crippen LogP contribution in [0.25, 0.3) is 0 Å². The van der Waals surface area contributed by atoms with Crippen molar-refractivity contribution in [3.63, 3.8) is 0 Å². The molecule has 1 N–H and O–H groups in total. The van der Waals surface area contributed by atoms with Crippen molar-refractivity contribution in [1.29, 1.82) is 0 Å². The molecule has 0 spiro atoms. The number of hydrogen-bond donors (Lipinski definition) is 1. The van der Waals surface area contributed by atoms with Crippen molar-refractivity contribution in [2.24, 2.45) is 0 Å². The molecule has 90 valence electrons. The van der Waals surface area contributed by atoms with Gasteiger partial charge < -0.3 is 19.3 Å². The van der Waals surface area contributed by atoms with E-state index in [0.717, 1.165) is 13.0 Å². The molecular formula is C10H20O5. The molecule has 0 aliphatic carbocycles. The highest BCUT2D eigenvalue weighted by Crippen LogP contribution is 1.93. The summed E-state index contributed by atoms with van der Waals surface area (Å²) < 4.78 is 14.6. The Balaban J connectivity index is 2.89. The molecule has 0 amide bonds. The van der Waals surface area contributed by atoms with Crippen molar-refractivity contribution in [2.45, 2.75) is 26.2 Å². The molecule has 0 bridgehead atoms. The van der Waals surface area contributed by atoms with Crippen molar-refractivity contribution in [3.8, 4) is 0 Å². The van der Waals surface area contributed by atoms with Crippen molar-refractivity contribution in [3.05, 3.63) is 0 Å². The number of carbonyl (C=O) groups is 1. The lowest BCUT2D eigenvalue weighted by Gasteiger charge is -2.05. The summed E-state index contributed by atoms with van der Waals surface area (Å²) in [5, 5.41) is 8.13. The molecule has 5 nitrogen and oxygen atoms in total. The molecule has 15 heavy (non-hydrogen) atoms. The van der Waals surface area contributed by atoms with Gasteiger partial charge in [0.05, 0.1) is 19.8 Å². The maximum absolute atomic E-state index is 9.93. The Labute approximate surface area is 90.3 Å². The van der Waals surface area contributed by atoms with Crippen LogP contribution in [-0.2, 0) is 14.2 Å². The number of hydrogen-bond acceptors (Lipinski definition) is 4. The molecule has 0 rings (SSSR count). The summed E-state index contributed by atoms with van der Waals surface area (Å²) in [4.78, 5) is 9.93. The zero-order valence-corrected chi connectivity index (χ0v) is 9.24. The highest BCUT2D eigenvalue weighted by Gasteiger charge is 1.95. The lowest BCUT2D eigenvalue weighted by Crippen LogP contribution is -2.11. The molecule has 0 saturated heterocycles. The summed E-state index contributed by atoms with van der Waals surface area (Å²) in [6.07, 6.45) is 2.19. The van der Waals surface area contributed by atoms with Crippen molar-refractivity contribution in [1.82, 2.24) is 0 Å². The maximum atomic E-state index is 9.93. The van der Waals surface area contributed by atoms with Crippen LogP contribution in [0.4, 0.5) is 4.79 Å². The Hall–Kier alpha value is -0.810. The first kappa shape index (κ1) is 14.2. The third-order valence-corrected chi connectivity index (χ3v) is 1.72. The Morgan fingerprint density at radius 3 is 2.20 bits per heavy atom. The van der Waals surface area contributed by atoms with Gasteiger partial charge in [-0.25, -0.2) is 4.79 Å². The Morgan fingerprint density at radius 2 is 1.60 bits per heavy atom. The first-order valence-electron chi connectivity index (χ1n) is 5.28. The van der Waals surface area contributed by atoms with Gasteiger partial charge in [0.1, 0.15) is 6.61 Å². The fraction of sp³-hybridized carbons (Fsp3) is 0.900. The van der Waals surface area contributed by atoms with E-state index in [2.05, 4.69) is 11.7 Å². The fourth-order valence-corrected chi connectivity index (χ4v) is 0.964. The van der Waals surface area contributed by atoms with Gasteiger partial charge in [0.25, 0.3) is 0 Å². The van der Waals surface area contributed by atoms with Gasteiger partial charge in [-0.3, -0.25) is 0 Å². The summed E-state index contributed by atoms with van der Waals surface area (Å²) in [6, 6.07) is 0. The lowest BCUT2D eigenvalue weighted by atomic mass is 10.3. The molecule has 0 aromatic heterocycles. The molecule has 0 aromatic carbocycles. The summed E-state index contributed by atoms with van der Waals surface area (Å²) in [5.74, 6) is 0. The predicted molar refractivity (Wildman–Crippen MR) is 55.1 cm³/mol. The van der Waals surface area contributed by atoms with E-state index in [-0.39, 0.29) is 13.2 Å². The average Bonchev–Trinajstić information content (AvgIpc) is 2.20. The van der Waals surface area contributed by atoms with Gasteiger partial charge in [0, 0.05) is 6.61 Å². The van der Waals surface area contributed by atoms with Gasteiger partial charge in [-0.1, -0.05) is 19.8 Å². The van der Waals surface area contributed by atoms with Crippen molar-refractivity contribution >= 4 is 6.16 Å².